The zero-order valence-electron chi connectivity index (χ0n) is 10.8. The molecule has 17 heavy (non-hydrogen) atoms. The van der Waals surface area contributed by atoms with Gasteiger partial charge < -0.3 is 11.1 Å². The summed E-state index contributed by atoms with van der Waals surface area (Å²) in [6.07, 6.45) is 0. The Morgan fingerprint density at radius 1 is 1.24 bits per heavy atom. The molecule has 94 valence electrons. The quantitative estimate of drug-likeness (QED) is 0.817. The highest BCUT2D eigenvalue weighted by molar-refractivity contribution is 5.84. The summed E-state index contributed by atoms with van der Waals surface area (Å²) in [5.41, 5.74) is 6.67. The van der Waals surface area contributed by atoms with Gasteiger partial charge in [-0.25, -0.2) is 0 Å². The van der Waals surface area contributed by atoms with Crippen LogP contribution in [-0.2, 0) is 4.79 Å². The molecule has 1 rings (SSSR count). The number of hydrogen-bond acceptors (Lipinski definition) is 2. The molecular weight excluding hydrogens is 212 g/mol. The molecule has 1 aromatic rings. The Kier molecular flexibility index (Phi) is 5.16. The fourth-order valence-corrected chi connectivity index (χ4v) is 1.57. The summed E-state index contributed by atoms with van der Waals surface area (Å²) in [4.78, 5) is 12.1. The Morgan fingerprint density at radius 2 is 1.82 bits per heavy atom. The van der Waals surface area contributed by atoms with Crippen molar-refractivity contribution in [2.45, 2.75) is 32.7 Å². The van der Waals surface area contributed by atoms with E-state index in [9.17, 15) is 4.79 Å². The second-order valence-electron chi connectivity index (χ2n) is 4.74. The second kappa shape index (κ2) is 6.40. The first-order valence-corrected chi connectivity index (χ1v) is 6.11. The van der Waals surface area contributed by atoms with Gasteiger partial charge in [-0.3, -0.25) is 4.79 Å². The summed E-state index contributed by atoms with van der Waals surface area (Å²) in [7, 11) is 0. The van der Waals surface area contributed by atoms with Crippen LogP contribution in [0.4, 0.5) is 0 Å². The van der Waals surface area contributed by atoms with Crippen LogP contribution < -0.4 is 11.1 Å². The molecule has 2 unspecified atom stereocenters. The Hall–Kier alpha value is -1.35. The van der Waals surface area contributed by atoms with Crippen molar-refractivity contribution in [3.05, 3.63) is 35.9 Å². The fourth-order valence-electron chi connectivity index (χ4n) is 1.57. The van der Waals surface area contributed by atoms with Gasteiger partial charge in [-0.15, -0.1) is 0 Å². The minimum Gasteiger partial charge on any atom is -0.353 e. The van der Waals surface area contributed by atoms with Crippen LogP contribution in [-0.4, -0.2) is 18.5 Å². The minimum atomic E-state index is -0.252. The number of nitrogens with one attached hydrogen (secondary N) is 1. The lowest BCUT2D eigenvalue weighted by atomic mass is 9.97. The molecule has 0 saturated carbocycles. The van der Waals surface area contributed by atoms with Crippen LogP contribution in [0.2, 0.25) is 0 Å². The number of amides is 1. The third kappa shape index (κ3) is 3.86. The number of hydrogen-bond donors (Lipinski definition) is 2. The summed E-state index contributed by atoms with van der Waals surface area (Å²) >= 11 is 0. The van der Waals surface area contributed by atoms with Crippen LogP contribution in [0.5, 0.6) is 0 Å². The molecule has 0 saturated heterocycles. The minimum absolute atomic E-state index is 0.0138. The van der Waals surface area contributed by atoms with E-state index >= 15 is 0 Å². The maximum atomic E-state index is 12.1. The molecule has 3 nitrogen and oxygen atoms in total. The molecule has 0 heterocycles. The molecule has 3 N–H and O–H groups in total. The molecule has 3 heteroatoms. The number of carbonyl (C=O) groups excluding carboxylic acids is 1. The molecule has 0 aliphatic carbocycles. The molecule has 0 spiro atoms. The predicted octanol–water partition coefficient (Wildman–Crippen LogP) is 1.89. The lowest BCUT2D eigenvalue weighted by Crippen LogP contribution is -2.41. The highest BCUT2D eigenvalue weighted by Crippen LogP contribution is 2.15. The monoisotopic (exact) mass is 234 g/mol. The highest BCUT2D eigenvalue weighted by atomic mass is 16.1. The maximum absolute atomic E-state index is 12.1. The van der Waals surface area contributed by atoms with Gasteiger partial charge in [0.05, 0.1) is 5.92 Å². The molecule has 0 aliphatic rings. The Morgan fingerprint density at radius 3 is 2.29 bits per heavy atom. The summed E-state index contributed by atoms with van der Waals surface area (Å²) in [6, 6.07) is 9.84. The van der Waals surface area contributed by atoms with Gasteiger partial charge in [-0.05, 0) is 18.4 Å². The molecule has 0 bridgehead atoms. The summed E-state index contributed by atoms with van der Waals surface area (Å²) in [5, 5.41) is 3.01. The van der Waals surface area contributed by atoms with Gasteiger partial charge in [0.2, 0.25) is 5.91 Å². The number of benzene rings is 1. The Balaban J connectivity index is 2.72. The first-order chi connectivity index (χ1) is 8.06. The van der Waals surface area contributed by atoms with Crippen molar-refractivity contribution < 1.29 is 4.79 Å². The van der Waals surface area contributed by atoms with Crippen molar-refractivity contribution in [2.75, 3.05) is 6.54 Å². The first-order valence-electron chi connectivity index (χ1n) is 6.11. The van der Waals surface area contributed by atoms with Crippen LogP contribution in [0.3, 0.4) is 0 Å². The third-order valence-electron chi connectivity index (χ3n) is 3.12. The summed E-state index contributed by atoms with van der Waals surface area (Å²) < 4.78 is 0. The fraction of sp³-hybridized carbons (Fsp3) is 0.500. The van der Waals surface area contributed by atoms with E-state index in [2.05, 4.69) is 19.2 Å². The zero-order valence-corrected chi connectivity index (χ0v) is 10.8. The van der Waals surface area contributed by atoms with Crippen molar-refractivity contribution in [2.24, 2.45) is 11.7 Å². The average Bonchev–Trinajstić information content (AvgIpc) is 2.31. The van der Waals surface area contributed by atoms with E-state index in [1.807, 2.05) is 37.3 Å². The second-order valence-corrected chi connectivity index (χ2v) is 4.74. The van der Waals surface area contributed by atoms with Gasteiger partial charge in [0, 0.05) is 12.6 Å². The number of rotatable bonds is 5. The van der Waals surface area contributed by atoms with E-state index in [-0.39, 0.29) is 17.9 Å². The molecule has 0 aliphatic heterocycles. The number of carbonyl (C=O) groups is 1. The van der Waals surface area contributed by atoms with Gasteiger partial charge in [0.25, 0.3) is 0 Å². The maximum Gasteiger partial charge on any atom is 0.229 e. The normalized spacial score (nSPS) is 14.4. The zero-order chi connectivity index (χ0) is 12.8. The molecule has 0 aromatic heterocycles. The lowest BCUT2D eigenvalue weighted by molar-refractivity contribution is -0.123. The van der Waals surface area contributed by atoms with E-state index in [0.29, 0.717) is 12.5 Å². The molecule has 0 fully saturated rings. The van der Waals surface area contributed by atoms with E-state index in [1.54, 1.807) is 0 Å². The van der Waals surface area contributed by atoms with E-state index in [0.717, 1.165) is 5.56 Å². The lowest BCUT2D eigenvalue weighted by Gasteiger charge is -2.21. The van der Waals surface area contributed by atoms with Gasteiger partial charge in [0.15, 0.2) is 0 Å². The van der Waals surface area contributed by atoms with Crippen molar-refractivity contribution in [3.63, 3.8) is 0 Å². The van der Waals surface area contributed by atoms with Crippen LogP contribution in [0.15, 0.2) is 30.3 Å². The van der Waals surface area contributed by atoms with Gasteiger partial charge in [-0.1, -0.05) is 44.2 Å². The molecule has 1 aromatic carbocycles. The number of nitrogens with two attached hydrogens (primary N) is 1. The van der Waals surface area contributed by atoms with Gasteiger partial charge in [0.1, 0.15) is 0 Å². The van der Waals surface area contributed by atoms with Crippen LogP contribution in [0.1, 0.15) is 32.3 Å². The first kappa shape index (κ1) is 13.7. The predicted molar refractivity (Wildman–Crippen MR) is 70.7 cm³/mol. The summed E-state index contributed by atoms with van der Waals surface area (Å²) in [5.74, 6) is 0.186. The van der Waals surface area contributed by atoms with Gasteiger partial charge in [-0.2, -0.15) is 0 Å². The van der Waals surface area contributed by atoms with Crippen molar-refractivity contribution >= 4 is 5.91 Å². The SMILES string of the molecule is CC(C)C(C)NC(=O)C(CN)c1ccccc1. The van der Waals surface area contributed by atoms with Crippen LogP contribution in [0.25, 0.3) is 0 Å². The topological polar surface area (TPSA) is 55.1 Å². The Labute approximate surface area is 103 Å². The largest absolute Gasteiger partial charge is 0.353 e. The van der Waals surface area contributed by atoms with Crippen molar-refractivity contribution in [3.8, 4) is 0 Å². The van der Waals surface area contributed by atoms with Crippen molar-refractivity contribution in [1.29, 1.82) is 0 Å². The average molecular weight is 234 g/mol. The highest BCUT2D eigenvalue weighted by Gasteiger charge is 2.21. The molecule has 2 atom stereocenters. The van der Waals surface area contributed by atoms with Gasteiger partial charge >= 0.3 is 0 Å². The Bertz CT molecular complexity index is 348. The van der Waals surface area contributed by atoms with E-state index < -0.39 is 0 Å². The van der Waals surface area contributed by atoms with Crippen molar-refractivity contribution in [1.82, 2.24) is 5.32 Å². The molecule has 0 radical (unpaired) electrons. The van der Waals surface area contributed by atoms with E-state index in [1.165, 1.54) is 0 Å². The third-order valence-corrected chi connectivity index (χ3v) is 3.12. The molecular formula is C14H22N2O. The van der Waals surface area contributed by atoms with Crippen LogP contribution >= 0.6 is 0 Å². The molecule has 1 amide bonds. The van der Waals surface area contributed by atoms with Crippen LogP contribution in [0, 0.1) is 5.92 Å². The smallest absolute Gasteiger partial charge is 0.229 e. The van der Waals surface area contributed by atoms with E-state index in [4.69, 9.17) is 5.73 Å². The summed E-state index contributed by atoms with van der Waals surface area (Å²) in [6.45, 7) is 6.53. The standard InChI is InChI=1S/C14H22N2O/c1-10(2)11(3)16-14(17)13(9-15)12-7-5-4-6-8-12/h4-8,10-11,13H,9,15H2,1-3H3,(H,16,17).